The molecule has 3 heteroatoms. The van der Waals surface area contributed by atoms with Crippen LogP contribution in [0.2, 0.25) is 5.15 Å². The summed E-state index contributed by atoms with van der Waals surface area (Å²) in [5, 5.41) is 0.488. The summed E-state index contributed by atoms with van der Waals surface area (Å²) in [6.45, 7) is 0. The first-order chi connectivity index (χ1) is 3.39. The molecule has 0 aliphatic heterocycles. The Hall–Kier alpha value is 0.544. The van der Waals surface area contributed by atoms with E-state index in [0.717, 1.165) is 0 Å². The van der Waals surface area contributed by atoms with Crippen molar-refractivity contribution in [3.63, 3.8) is 0 Å². The van der Waals surface area contributed by atoms with Crippen LogP contribution in [0.4, 0.5) is 0 Å². The van der Waals surface area contributed by atoms with Crippen molar-refractivity contribution < 1.29 is 32.7 Å². The average molecular weight is 201 g/mol. The van der Waals surface area contributed by atoms with Gasteiger partial charge < -0.3 is 4.98 Å². The number of rotatable bonds is 0. The fraction of sp³-hybridized carbons (Fsp3) is 0. The Labute approximate surface area is 78.3 Å². The summed E-state index contributed by atoms with van der Waals surface area (Å²) in [6.07, 6.45) is 1.60. The van der Waals surface area contributed by atoms with Crippen LogP contribution in [0.15, 0.2) is 18.3 Å². The largest absolute Gasteiger partial charge is 0.372 e. The SMILES string of the molecule is Clc1c[c-]ccn1.[Y]. The van der Waals surface area contributed by atoms with E-state index in [4.69, 9.17) is 11.6 Å². The van der Waals surface area contributed by atoms with Gasteiger partial charge in [0.25, 0.3) is 0 Å². The van der Waals surface area contributed by atoms with Crippen LogP contribution in [0.1, 0.15) is 0 Å². The number of halogens is 1. The van der Waals surface area contributed by atoms with E-state index in [-0.39, 0.29) is 32.7 Å². The van der Waals surface area contributed by atoms with E-state index in [9.17, 15) is 0 Å². The van der Waals surface area contributed by atoms with Crippen LogP contribution in [0.3, 0.4) is 0 Å². The van der Waals surface area contributed by atoms with E-state index in [1.54, 1.807) is 18.3 Å². The zero-order valence-electron chi connectivity index (χ0n) is 4.13. The molecule has 1 heterocycles. The molecule has 0 amide bonds. The van der Waals surface area contributed by atoms with E-state index >= 15 is 0 Å². The maximum Gasteiger partial charge on any atom is 0.0142 e. The van der Waals surface area contributed by atoms with Crippen molar-refractivity contribution in [1.29, 1.82) is 0 Å². The van der Waals surface area contributed by atoms with E-state index in [1.807, 2.05) is 0 Å². The van der Waals surface area contributed by atoms with Gasteiger partial charge in [-0.2, -0.15) is 12.1 Å². The molecule has 0 bridgehead atoms. The molecule has 39 valence electrons. The molecule has 0 fully saturated rings. The Kier molecular flexibility index (Phi) is 4.73. The molecule has 0 atom stereocenters. The third-order valence-electron chi connectivity index (χ3n) is 0.571. The van der Waals surface area contributed by atoms with Gasteiger partial charge in [0.05, 0.1) is 0 Å². The minimum absolute atomic E-state index is 0. The van der Waals surface area contributed by atoms with Crippen LogP contribution in [-0.2, 0) is 32.7 Å². The molecule has 0 saturated heterocycles. The van der Waals surface area contributed by atoms with Crippen LogP contribution in [-0.4, -0.2) is 4.98 Å². The molecule has 0 saturated carbocycles. The van der Waals surface area contributed by atoms with Gasteiger partial charge in [-0.3, -0.25) is 0 Å². The van der Waals surface area contributed by atoms with E-state index in [1.165, 1.54) is 0 Å². The fourth-order valence-electron chi connectivity index (χ4n) is 0.306. The molecule has 0 N–H and O–H groups in total. The van der Waals surface area contributed by atoms with Crippen molar-refractivity contribution >= 4 is 11.6 Å². The summed E-state index contributed by atoms with van der Waals surface area (Å²) < 4.78 is 0. The van der Waals surface area contributed by atoms with Crippen molar-refractivity contribution in [2.45, 2.75) is 0 Å². The van der Waals surface area contributed by atoms with Crippen LogP contribution < -0.4 is 0 Å². The van der Waals surface area contributed by atoms with Gasteiger partial charge in [-0.1, -0.05) is 6.20 Å². The maximum atomic E-state index is 5.40. The molecule has 8 heavy (non-hydrogen) atoms. The molecule has 1 radical (unpaired) electrons. The predicted molar refractivity (Wildman–Crippen MR) is 28.1 cm³/mol. The number of nitrogens with zero attached hydrogens (tertiary/aromatic N) is 1. The van der Waals surface area contributed by atoms with Gasteiger partial charge in [0.1, 0.15) is 0 Å². The van der Waals surface area contributed by atoms with Crippen molar-refractivity contribution in [2.75, 3.05) is 0 Å². The second kappa shape index (κ2) is 4.43. The fourth-order valence-corrected chi connectivity index (χ4v) is 0.425. The summed E-state index contributed by atoms with van der Waals surface area (Å²) in [5.74, 6) is 0. The Morgan fingerprint density at radius 1 is 1.62 bits per heavy atom. The number of pyridine rings is 1. The van der Waals surface area contributed by atoms with Gasteiger partial charge in [0.2, 0.25) is 0 Å². The van der Waals surface area contributed by atoms with Crippen molar-refractivity contribution in [3.05, 3.63) is 29.5 Å². The first-order valence-electron chi connectivity index (χ1n) is 1.87. The summed E-state index contributed by atoms with van der Waals surface area (Å²) in [4.78, 5) is 3.71. The molecule has 0 aliphatic rings. The summed E-state index contributed by atoms with van der Waals surface area (Å²) in [7, 11) is 0. The Balaban J connectivity index is 0.000000490. The molecule has 0 aromatic carbocycles. The van der Waals surface area contributed by atoms with Gasteiger partial charge in [-0.15, -0.1) is 17.7 Å². The maximum absolute atomic E-state index is 5.40. The molecule has 1 rings (SSSR count). The van der Waals surface area contributed by atoms with Gasteiger partial charge in [-0.25, -0.2) is 0 Å². The monoisotopic (exact) mass is 201 g/mol. The minimum atomic E-state index is 0. The van der Waals surface area contributed by atoms with Crippen LogP contribution in [0.5, 0.6) is 0 Å². The smallest absolute Gasteiger partial charge is 0.0142 e. The molecule has 1 aromatic heterocycles. The molecule has 1 aromatic rings. The van der Waals surface area contributed by atoms with E-state index < -0.39 is 0 Å². The van der Waals surface area contributed by atoms with Gasteiger partial charge in [-0.05, 0) is 0 Å². The molecular weight excluding hydrogens is 198 g/mol. The van der Waals surface area contributed by atoms with Crippen molar-refractivity contribution in [1.82, 2.24) is 4.98 Å². The third kappa shape index (κ3) is 2.76. The zero-order chi connectivity index (χ0) is 5.11. The van der Waals surface area contributed by atoms with Gasteiger partial charge in [0, 0.05) is 37.9 Å². The van der Waals surface area contributed by atoms with Crippen LogP contribution >= 0.6 is 11.6 Å². The standard InChI is InChI=1S/C5H3ClN.Y/c6-5-3-1-2-4-7-5;/h2-4H;/q-1;. The quantitative estimate of drug-likeness (QED) is 0.458. The third-order valence-corrected chi connectivity index (χ3v) is 0.778. The number of hydrogen-bond donors (Lipinski definition) is 0. The molecule has 1 nitrogen and oxygen atoms in total. The Morgan fingerprint density at radius 3 is 2.62 bits per heavy atom. The molecule has 0 spiro atoms. The first-order valence-corrected chi connectivity index (χ1v) is 2.25. The Morgan fingerprint density at radius 2 is 2.38 bits per heavy atom. The summed E-state index contributed by atoms with van der Waals surface area (Å²) in [5.41, 5.74) is 0. The first kappa shape index (κ1) is 8.54. The van der Waals surface area contributed by atoms with Gasteiger partial charge in [0.15, 0.2) is 0 Å². The normalized spacial score (nSPS) is 7.62. The van der Waals surface area contributed by atoms with Gasteiger partial charge >= 0.3 is 0 Å². The second-order valence-corrected chi connectivity index (χ2v) is 1.47. The van der Waals surface area contributed by atoms with Crippen molar-refractivity contribution in [2.24, 2.45) is 0 Å². The molecular formula is C5H3ClNY-. The van der Waals surface area contributed by atoms with E-state index in [2.05, 4.69) is 11.1 Å². The average Bonchev–Trinajstić information content (AvgIpc) is 1.69. The van der Waals surface area contributed by atoms with Crippen molar-refractivity contribution in [3.8, 4) is 0 Å². The van der Waals surface area contributed by atoms with E-state index in [0.29, 0.717) is 5.15 Å². The predicted octanol–water partition coefficient (Wildman–Crippen LogP) is 1.53. The topological polar surface area (TPSA) is 12.9 Å². The minimum Gasteiger partial charge on any atom is -0.372 e. The van der Waals surface area contributed by atoms with Crippen LogP contribution in [0.25, 0.3) is 0 Å². The number of hydrogen-bond acceptors (Lipinski definition) is 1. The summed E-state index contributed by atoms with van der Waals surface area (Å²) in [6, 6.07) is 6.08. The van der Waals surface area contributed by atoms with Crippen LogP contribution in [0, 0.1) is 6.07 Å². The molecule has 0 aliphatic carbocycles. The molecule has 0 unspecified atom stereocenters. The zero-order valence-corrected chi connectivity index (χ0v) is 7.73. The second-order valence-electron chi connectivity index (χ2n) is 1.08. The summed E-state index contributed by atoms with van der Waals surface area (Å²) >= 11 is 5.40. The number of aromatic nitrogens is 1. The Bertz CT molecular complexity index is 142.